The molecule has 0 spiro atoms. The van der Waals surface area contributed by atoms with Crippen molar-refractivity contribution in [3.05, 3.63) is 95.3 Å². The predicted molar refractivity (Wildman–Crippen MR) is 134 cm³/mol. The van der Waals surface area contributed by atoms with Gasteiger partial charge in [-0.05, 0) is 61.1 Å². The van der Waals surface area contributed by atoms with E-state index in [0.29, 0.717) is 12.5 Å². The lowest BCUT2D eigenvalue weighted by molar-refractivity contribution is 0.0622. The quantitative estimate of drug-likeness (QED) is 0.302. The van der Waals surface area contributed by atoms with E-state index in [0.717, 1.165) is 24.2 Å². The molecule has 0 saturated heterocycles. The smallest absolute Gasteiger partial charge is 0.254 e. The van der Waals surface area contributed by atoms with Crippen LogP contribution in [0.2, 0.25) is 0 Å². The summed E-state index contributed by atoms with van der Waals surface area (Å²) in [5.41, 5.74) is 4.51. The fourth-order valence-corrected chi connectivity index (χ4v) is 4.02. The van der Waals surface area contributed by atoms with Gasteiger partial charge in [-0.15, -0.1) is 0 Å². The topological polar surface area (TPSA) is 25.2 Å². The number of benzene rings is 2. The number of hydrogen-bond acceptors (Lipinski definition) is 1. The highest BCUT2D eigenvalue weighted by molar-refractivity contribution is 5.94. The molecule has 3 heteroatoms. The molecule has 1 atom stereocenters. The minimum atomic E-state index is 0.110. The minimum absolute atomic E-state index is 0.110. The number of carbonyl (C=O) groups excluding carboxylic acids is 1. The summed E-state index contributed by atoms with van der Waals surface area (Å²) in [5.74, 6) is 0.489. The van der Waals surface area contributed by atoms with Gasteiger partial charge in [0.1, 0.15) is 0 Å². The van der Waals surface area contributed by atoms with Crippen LogP contribution in [0.5, 0.6) is 0 Å². The molecule has 3 rings (SSSR count). The van der Waals surface area contributed by atoms with E-state index in [4.69, 9.17) is 0 Å². The number of aromatic nitrogens is 1. The van der Waals surface area contributed by atoms with E-state index in [2.05, 4.69) is 87.0 Å². The number of amides is 1. The van der Waals surface area contributed by atoms with Crippen LogP contribution < -0.4 is 0 Å². The van der Waals surface area contributed by atoms with Gasteiger partial charge in [-0.3, -0.25) is 4.79 Å². The zero-order chi connectivity index (χ0) is 22.9. The minimum Gasteiger partial charge on any atom is -0.345 e. The summed E-state index contributed by atoms with van der Waals surface area (Å²) in [4.78, 5) is 15.6. The average Bonchev–Trinajstić information content (AvgIpc) is 3.24. The first-order valence-electron chi connectivity index (χ1n) is 12.1. The van der Waals surface area contributed by atoms with E-state index < -0.39 is 0 Å². The molecule has 1 aromatic heterocycles. The predicted octanol–water partition coefficient (Wildman–Crippen LogP) is 6.96. The van der Waals surface area contributed by atoms with E-state index in [1.807, 2.05) is 23.1 Å². The number of rotatable bonds is 11. The van der Waals surface area contributed by atoms with Gasteiger partial charge < -0.3 is 9.47 Å². The van der Waals surface area contributed by atoms with Crippen molar-refractivity contribution >= 4 is 5.91 Å². The van der Waals surface area contributed by atoms with Gasteiger partial charge in [0, 0.05) is 30.0 Å². The maximum Gasteiger partial charge on any atom is 0.254 e. The highest BCUT2D eigenvalue weighted by atomic mass is 16.2. The van der Waals surface area contributed by atoms with Crippen LogP contribution in [0.4, 0.5) is 0 Å². The zero-order valence-corrected chi connectivity index (χ0v) is 20.1. The molecule has 0 bridgehead atoms. The van der Waals surface area contributed by atoms with Crippen LogP contribution >= 0.6 is 0 Å². The number of hydrogen-bond donors (Lipinski definition) is 0. The normalized spacial score (nSPS) is 12.2. The lowest BCUT2D eigenvalue weighted by Gasteiger charge is -2.32. The monoisotopic (exact) mass is 430 g/mol. The molecule has 0 radical (unpaired) electrons. The highest BCUT2D eigenvalue weighted by Crippen LogP contribution is 2.20. The summed E-state index contributed by atoms with van der Waals surface area (Å²) in [6, 6.07) is 23.1. The Labute approximate surface area is 194 Å². The Hall–Kier alpha value is -2.81. The first-order valence-corrected chi connectivity index (χ1v) is 12.1. The largest absolute Gasteiger partial charge is 0.345 e. The average molecular weight is 431 g/mol. The number of aryl methyl sites for hydroxylation is 1. The van der Waals surface area contributed by atoms with Crippen LogP contribution in [0, 0.1) is 5.92 Å². The molecule has 0 aliphatic rings. The molecule has 170 valence electrons. The van der Waals surface area contributed by atoms with Gasteiger partial charge in [0.25, 0.3) is 5.91 Å². The molecule has 0 unspecified atom stereocenters. The molecular weight excluding hydrogens is 392 g/mol. The zero-order valence-electron chi connectivity index (χ0n) is 20.1. The fraction of sp³-hybridized carbons (Fsp3) is 0.414. The molecule has 32 heavy (non-hydrogen) atoms. The summed E-state index contributed by atoms with van der Waals surface area (Å²) < 4.78 is 2.25. The lowest BCUT2D eigenvalue weighted by atomic mass is 10.0. The number of unbranched alkanes of at least 4 members (excludes halogenated alkanes) is 2. The molecule has 0 aliphatic heterocycles. The Bertz CT molecular complexity index is 956. The van der Waals surface area contributed by atoms with Crippen LogP contribution in [-0.2, 0) is 19.5 Å². The summed E-state index contributed by atoms with van der Waals surface area (Å²) >= 11 is 0. The number of carbonyl (C=O) groups is 1. The van der Waals surface area contributed by atoms with Crippen molar-refractivity contribution in [2.75, 3.05) is 0 Å². The Morgan fingerprint density at radius 2 is 1.59 bits per heavy atom. The molecule has 0 saturated carbocycles. The maximum absolute atomic E-state index is 13.6. The van der Waals surface area contributed by atoms with Gasteiger partial charge in [-0.2, -0.15) is 0 Å². The van der Waals surface area contributed by atoms with E-state index in [-0.39, 0.29) is 11.9 Å². The van der Waals surface area contributed by atoms with Crippen LogP contribution in [0.25, 0.3) is 0 Å². The Morgan fingerprint density at radius 1 is 0.875 bits per heavy atom. The lowest BCUT2D eigenvalue weighted by Crippen LogP contribution is -2.41. The Morgan fingerprint density at radius 3 is 2.25 bits per heavy atom. The first-order chi connectivity index (χ1) is 15.5. The van der Waals surface area contributed by atoms with Crippen LogP contribution in [0.1, 0.15) is 74.1 Å². The Kier molecular flexibility index (Phi) is 8.72. The van der Waals surface area contributed by atoms with Crippen molar-refractivity contribution in [1.29, 1.82) is 0 Å². The van der Waals surface area contributed by atoms with Crippen molar-refractivity contribution in [1.82, 2.24) is 9.47 Å². The van der Waals surface area contributed by atoms with Crippen molar-refractivity contribution in [2.45, 2.75) is 72.5 Å². The van der Waals surface area contributed by atoms with Crippen molar-refractivity contribution in [3.63, 3.8) is 0 Å². The molecule has 1 heterocycles. The summed E-state index contributed by atoms with van der Waals surface area (Å²) in [6.07, 6.45) is 6.88. The Balaban J connectivity index is 1.77. The molecular formula is C29H38N2O. The SMILES string of the molecule is CCCCCc1ccc(C(=O)N(Cc2cccn2Cc2ccccc2)[C@@H](C)C(C)C)cc1. The molecule has 0 fully saturated rings. The molecule has 3 nitrogen and oxygen atoms in total. The molecule has 2 aromatic carbocycles. The van der Waals surface area contributed by atoms with E-state index in [9.17, 15) is 4.79 Å². The number of nitrogens with zero attached hydrogens (tertiary/aromatic N) is 2. The summed E-state index contributed by atoms with van der Waals surface area (Å²) in [7, 11) is 0. The fourth-order valence-electron chi connectivity index (χ4n) is 4.02. The molecule has 0 N–H and O–H groups in total. The second-order valence-corrected chi connectivity index (χ2v) is 9.18. The molecule has 3 aromatic rings. The first kappa shape index (κ1) is 23.8. The van der Waals surface area contributed by atoms with E-state index >= 15 is 0 Å². The second-order valence-electron chi connectivity index (χ2n) is 9.18. The third-order valence-corrected chi connectivity index (χ3v) is 6.44. The third-order valence-electron chi connectivity index (χ3n) is 6.44. The summed E-state index contributed by atoms with van der Waals surface area (Å²) in [5, 5.41) is 0. The van der Waals surface area contributed by atoms with Crippen LogP contribution in [-0.4, -0.2) is 21.4 Å². The van der Waals surface area contributed by atoms with Gasteiger partial charge >= 0.3 is 0 Å². The summed E-state index contributed by atoms with van der Waals surface area (Å²) in [6.45, 7) is 10.2. The molecule has 1 amide bonds. The van der Waals surface area contributed by atoms with Crippen molar-refractivity contribution in [3.8, 4) is 0 Å². The second kappa shape index (κ2) is 11.7. The standard InChI is InChI=1S/C29H38N2O/c1-5-6-8-12-25-16-18-27(19-17-25)29(32)31(24(4)23(2)3)22-28-15-11-20-30(28)21-26-13-9-7-10-14-26/h7,9-11,13-20,23-24H,5-6,8,12,21-22H2,1-4H3/t24-/m0/s1. The van der Waals surface area contributed by atoms with E-state index in [1.54, 1.807) is 0 Å². The van der Waals surface area contributed by atoms with Crippen molar-refractivity contribution in [2.24, 2.45) is 5.92 Å². The van der Waals surface area contributed by atoms with Gasteiger partial charge in [0.2, 0.25) is 0 Å². The van der Waals surface area contributed by atoms with E-state index in [1.165, 1.54) is 30.4 Å². The maximum atomic E-state index is 13.6. The third kappa shape index (κ3) is 6.35. The highest BCUT2D eigenvalue weighted by Gasteiger charge is 2.25. The molecule has 0 aliphatic carbocycles. The van der Waals surface area contributed by atoms with Crippen molar-refractivity contribution < 1.29 is 4.79 Å². The van der Waals surface area contributed by atoms with Crippen LogP contribution in [0.3, 0.4) is 0 Å². The van der Waals surface area contributed by atoms with Gasteiger partial charge in [0.15, 0.2) is 0 Å². The van der Waals surface area contributed by atoms with Crippen LogP contribution in [0.15, 0.2) is 72.9 Å². The van der Waals surface area contributed by atoms with Gasteiger partial charge in [-0.25, -0.2) is 0 Å². The van der Waals surface area contributed by atoms with Gasteiger partial charge in [-0.1, -0.05) is 76.1 Å². The van der Waals surface area contributed by atoms with Gasteiger partial charge in [0.05, 0.1) is 6.54 Å².